The quantitative estimate of drug-likeness (QED) is 0.815. The Morgan fingerprint density at radius 1 is 1.73 bits per heavy atom. The molecule has 2 N–H and O–H groups in total. The highest BCUT2D eigenvalue weighted by Crippen LogP contribution is 2.16. The summed E-state index contributed by atoms with van der Waals surface area (Å²) in [4.78, 5) is 4.53. The molecular weight excluding hydrogens is 208 g/mol. The Labute approximate surface area is 94.5 Å². The molecule has 84 valence electrons. The number of hydrogen-bond donors (Lipinski definition) is 2. The molecule has 1 aromatic heterocycles. The van der Waals surface area contributed by atoms with Crippen LogP contribution in [-0.4, -0.2) is 28.8 Å². The van der Waals surface area contributed by atoms with Crippen LogP contribution in [0.5, 0.6) is 0 Å². The molecule has 3 nitrogen and oxygen atoms in total. The topological polar surface area (TPSA) is 45.1 Å². The summed E-state index contributed by atoms with van der Waals surface area (Å²) in [6.45, 7) is 2.95. The van der Waals surface area contributed by atoms with Crippen molar-refractivity contribution >= 4 is 11.3 Å². The molecular formula is C11H18N2OS. The van der Waals surface area contributed by atoms with E-state index in [0.29, 0.717) is 12.5 Å². The second-order valence-electron chi connectivity index (χ2n) is 4.28. The summed E-state index contributed by atoms with van der Waals surface area (Å²) >= 11 is 1.72. The van der Waals surface area contributed by atoms with E-state index in [1.165, 1.54) is 17.8 Å². The lowest BCUT2D eigenvalue weighted by Gasteiger charge is -2.06. The van der Waals surface area contributed by atoms with Gasteiger partial charge in [0, 0.05) is 24.3 Å². The van der Waals surface area contributed by atoms with E-state index in [0.717, 1.165) is 18.7 Å². The van der Waals surface area contributed by atoms with Gasteiger partial charge < -0.3 is 10.4 Å². The number of aliphatic hydroxyl groups excluding tert-OH is 1. The van der Waals surface area contributed by atoms with Crippen molar-refractivity contribution in [1.29, 1.82) is 0 Å². The van der Waals surface area contributed by atoms with E-state index in [1.54, 1.807) is 18.3 Å². The maximum absolute atomic E-state index is 9.25. The summed E-state index contributed by atoms with van der Waals surface area (Å²) in [5.41, 5.74) is 1.03. The average molecular weight is 226 g/mol. The largest absolute Gasteiger partial charge is 0.393 e. The van der Waals surface area contributed by atoms with E-state index in [-0.39, 0.29) is 6.10 Å². The fraction of sp³-hybridized carbons (Fsp3) is 0.727. The highest BCUT2D eigenvalue weighted by Gasteiger charge is 2.16. The molecule has 1 aliphatic rings. The number of aromatic nitrogens is 1. The van der Waals surface area contributed by atoms with E-state index < -0.39 is 0 Å². The number of nitrogens with zero attached hydrogens (tertiary/aromatic N) is 1. The minimum atomic E-state index is -0.287. The Morgan fingerprint density at radius 2 is 2.60 bits per heavy atom. The first-order chi connectivity index (χ1) is 7.24. The predicted octanol–water partition coefficient (Wildman–Crippen LogP) is 1.36. The second kappa shape index (κ2) is 5.05. The van der Waals surface area contributed by atoms with E-state index in [2.05, 4.69) is 15.7 Å². The minimum Gasteiger partial charge on any atom is -0.393 e. The van der Waals surface area contributed by atoms with E-state index in [4.69, 9.17) is 0 Å². The van der Waals surface area contributed by atoms with Crippen molar-refractivity contribution in [3.63, 3.8) is 0 Å². The van der Waals surface area contributed by atoms with Crippen LogP contribution < -0.4 is 5.32 Å². The molecule has 2 unspecified atom stereocenters. The van der Waals surface area contributed by atoms with Crippen molar-refractivity contribution in [3.05, 3.63) is 16.1 Å². The van der Waals surface area contributed by atoms with Crippen LogP contribution in [0.2, 0.25) is 0 Å². The zero-order chi connectivity index (χ0) is 10.7. The molecule has 0 aliphatic carbocycles. The number of hydrogen-bond acceptors (Lipinski definition) is 4. The van der Waals surface area contributed by atoms with Gasteiger partial charge in [-0.3, -0.25) is 0 Å². The highest BCUT2D eigenvalue weighted by molar-refractivity contribution is 7.09. The molecule has 1 fully saturated rings. The van der Waals surface area contributed by atoms with Crippen LogP contribution in [0.25, 0.3) is 0 Å². The molecule has 2 rings (SSSR count). The van der Waals surface area contributed by atoms with Gasteiger partial charge in [-0.25, -0.2) is 4.98 Å². The van der Waals surface area contributed by atoms with Crippen LogP contribution in [0.3, 0.4) is 0 Å². The maximum atomic E-state index is 9.25. The Hall–Kier alpha value is -0.450. The molecule has 0 radical (unpaired) electrons. The summed E-state index contributed by atoms with van der Waals surface area (Å²) < 4.78 is 0. The van der Waals surface area contributed by atoms with Crippen LogP contribution >= 0.6 is 11.3 Å². The molecule has 0 aromatic carbocycles. The zero-order valence-electron chi connectivity index (χ0n) is 9.07. The SMILES string of the molecule is CC(O)Cc1csc(CC2CCCN2)n1. The average Bonchev–Trinajstić information content (AvgIpc) is 2.77. The molecule has 0 spiro atoms. The maximum Gasteiger partial charge on any atom is 0.0943 e. The molecule has 15 heavy (non-hydrogen) atoms. The first-order valence-electron chi connectivity index (χ1n) is 5.59. The molecule has 0 saturated carbocycles. The molecule has 2 heterocycles. The Balaban J connectivity index is 1.88. The monoisotopic (exact) mass is 226 g/mol. The van der Waals surface area contributed by atoms with Crippen LogP contribution in [0.15, 0.2) is 5.38 Å². The fourth-order valence-corrected chi connectivity index (χ4v) is 2.87. The molecule has 1 aromatic rings. The predicted molar refractivity (Wildman–Crippen MR) is 62.2 cm³/mol. The third kappa shape index (κ3) is 3.26. The van der Waals surface area contributed by atoms with E-state index >= 15 is 0 Å². The second-order valence-corrected chi connectivity index (χ2v) is 5.23. The van der Waals surface area contributed by atoms with Crippen LogP contribution in [0.4, 0.5) is 0 Å². The first kappa shape index (κ1) is 11.0. The summed E-state index contributed by atoms with van der Waals surface area (Å²) in [6.07, 6.45) is 3.99. The van der Waals surface area contributed by atoms with Gasteiger partial charge in [0.15, 0.2) is 0 Å². The van der Waals surface area contributed by atoms with Crippen molar-refractivity contribution in [2.45, 2.75) is 44.8 Å². The van der Waals surface area contributed by atoms with Crippen molar-refractivity contribution in [2.24, 2.45) is 0 Å². The van der Waals surface area contributed by atoms with Crippen molar-refractivity contribution in [3.8, 4) is 0 Å². The molecule has 2 atom stereocenters. The van der Waals surface area contributed by atoms with Gasteiger partial charge in [-0.1, -0.05) is 0 Å². The smallest absolute Gasteiger partial charge is 0.0943 e. The van der Waals surface area contributed by atoms with Crippen LogP contribution in [0.1, 0.15) is 30.5 Å². The van der Waals surface area contributed by atoms with Gasteiger partial charge in [0.2, 0.25) is 0 Å². The molecule has 0 amide bonds. The van der Waals surface area contributed by atoms with Crippen molar-refractivity contribution in [1.82, 2.24) is 10.3 Å². The lowest BCUT2D eigenvalue weighted by molar-refractivity contribution is 0.194. The summed E-state index contributed by atoms with van der Waals surface area (Å²) in [5, 5.41) is 16.0. The van der Waals surface area contributed by atoms with Crippen molar-refractivity contribution in [2.75, 3.05) is 6.54 Å². The third-order valence-corrected chi connectivity index (χ3v) is 3.61. The Morgan fingerprint density at radius 3 is 3.27 bits per heavy atom. The van der Waals surface area contributed by atoms with Gasteiger partial charge in [-0.05, 0) is 26.3 Å². The molecule has 1 aliphatic heterocycles. The summed E-state index contributed by atoms with van der Waals surface area (Å²) in [7, 11) is 0. The number of rotatable bonds is 4. The first-order valence-corrected chi connectivity index (χ1v) is 6.46. The third-order valence-electron chi connectivity index (χ3n) is 2.69. The van der Waals surface area contributed by atoms with Crippen LogP contribution in [-0.2, 0) is 12.8 Å². The number of aliphatic hydroxyl groups is 1. The highest BCUT2D eigenvalue weighted by atomic mass is 32.1. The van der Waals surface area contributed by atoms with Gasteiger partial charge >= 0.3 is 0 Å². The number of nitrogens with one attached hydrogen (secondary N) is 1. The normalized spacial score (nSPS) is 23.2. The van der Waals surface area contributed by atoms with E-state index in [1.807, 2.05) is 0 Å². The lowest BCUT2D eigenvalue weighted by atomic mass is 10.2. The minimum absolute atomic E-state index is 0.287. The zero-order valence-corrected chi connectivity index (χ0v) is 9.89. The van der Waals surface area contributed by atoms with Gasteiger partial charge in [0.25, 0.3) is 0 Å². The fourth-order valence-electron chi connectivity index (χ4n) is 1.98. The van der Waals surface area contributed by atoms with Crippen molar-refractivity contribution < 1.29 is 5.11 Å². The summed E-state index contributed by atoms with van der Waals surface area (Å²) in [6, 6.07) is 0.621. The van der Waals surface area contributed by atoms with Gasteiger partial charge in [0.05, 0.1) is 16.8 Å². The molecule has 0 bridgehead atoms. The van der Waals surface area contributed by atoms with Gasteiger partial charge in [0.1, 0.15) is 0 Å². The van der Waals surface area contributed by atoms with E-state index in [9.17, 15) is 5.11 Å². The van der Waals surface area contributed by atoms with Crippen LogP contribution in [0, 0.1) is 0 Å². The standard InChI is InChI=1S/C11H18N2OS/c1-8(14)5-10-7-15-11(13-10)6-9-3-2-4-12-9/h7-9,12,14H,2-6H2,1H3. The Bertz CT molecular complexity index is 305. The molecule has 1 saturated heterocycles. The lowest BCUT2D eigenvalue weighted by Crippen LogP contribution is -2.23. The number of thiazole rings is 1. The van der Waals surface area contributed by atoms with Gasteiger partial charge in [-0.2, -0.15) is 0 Å². The summed E-state index contributed by atoms with van der Waals surface area (Å²) in [5.74, 6) is 0. The van der Waals surface area contributed by atoms with Gasteiger partial charge in [-0.15, -0.1) is 11.3 Å². The molecule has 4 heteroatoms. The Kier molecular flexibility index (Phi) is 3.72.